The molecule has 0 atom stereocenters. The number of hydrogen-bond donors (Lipinski definition) is 1. The summed E-state index contributed by atoms with van der Waals surface area (Å²) in [5.41, 5.74) is 2.92. The fraction of sp³-hybridized carbons (Fsp3) is 0.133. The van der Waals surface area contributed by atoms with Crippen LogP contribution >= 0.6 is 15.9 Å². The molecule has 0 saturated heterocycles. The second kappa shape index (κ2) is 6.05. The van der Waals surface area contributed by atoms with Crippen molar-refractivity contribution < 1.29 is 10.0 Å². The van der Waals surface area contributed by atoms with Crippen molar-refractivity contribution in [1.29, 1.82) is 0 Å². The summed E-state index contributed by atoms with van der Waals surface area (Å²) in [6.45, 7) is 3.99. The maximum atomic E-state index is 10.9. The smallest absolute Gasteiger partial charge is 0.312 e. The molecule has 0 heterocycles. The van der Waals surface area contributed by atoms with Crippen molar-refractivity contribution in [2.75, 3.05) is 0 Å². The van der Waals surface area contributed by atoms with Gasteiger partial charge in [0.05, 0.1) is 10.6 Å². The van der Waals surface area contributed by atoms with Crippen LogP contribution in [0.1, 0.15) is 16.7 Å². The Bertz CT molecular complexity index is 742. The number of hydrogen-bond acceptors (Lipinski definition) is 4. The largest absolute Gasteiger partial charge is 0.502 e. The van der Waals surface area contributed by atoms with Crippen LogP contribution in [0, 0.1) is 24.0 Å². The highest BCUT2D eigenvalue weighted by Gasteiger charge is 2.17. The summed E-state index contributed by atoms with van der Waals surface area (Å²) in [4.78, 5) is 14.5. The Labute approximate surface area is 130 Å². The lowest BCUT2D eigenvalue weighted by atomic mass is 10.1. The number of rotatable bonds is 3. The van der Waals surface area contributed by atoms with Crippen LogP contribution in [-0.2, 0) is 0 Å². The van der Waals surface area contributed by atoms with Crippen LogP contribution in [0.25, 0.3) is 0 Å². The number of phenolic OH excluding ortho intramolecular Hbond substituents is 1. The van der Waals surface area contributed by atoms with Gasteiger partial charge in [-0.2, -0.15) is 0 Å². The van der Waals surface area contributed by atoms with Gasteiger partial charge in [0.25, 0.3) is 0 Å². The molecule has 0 amide bonds. The van der Waals surface area contributed by atoms with Gasteiger partial charge in [0.1, 0.15) is 0 Å². The molecule has 0 aromatic heterocycles. The second-order valence-electron chi connectivity index (χ2n) is 4.65. The lowest BCUT2D eigenvalue weighted by Crippen LogP contribution is -1.92. The van der Waals surface area contributed by atoms with Crippen LogP contribution in [-0.4, -0.2) is 16.2 Å². The van der Waals surface area contributed by atoms with Gasteiger partial charge in [-0.15, -0.1) is 0 Å². The lowest BCUT2D eigenvalue weighted by Gasteiger charge is -2.03. The Balaban J connectivity index is 2.41. The average Bonchev–Trinajstić information content (AvgIpc) is 2.42. The average molecular weight is 349 g/mol. The summed E-state index contributed by atoms with van der Waals surface area (Å²) in [6, 6.07) is 8.54. The minimum Gasteiger partial charge on any atom is -0.502 e. The number of aryl methyl sites for hydroxylation is 2. The Morgan fingerprint density at radius 2 is 1.95 bits per heavy atom. The fourth-order valence-electron chi connectivity index (χ4n) is 1.79. The molecule has 0 saturated carbocycles. The second-order valence-corrected chi connectivity index (χ2v) is 5.56. The summed E-state index contributed by atoms with van der Waals surface area (Å²) in [5.74, 6) is -0.393. The molecule has 108 valence electrons. The molecule has 1 N–H and O–H groups in total. The lowest BCUT2D eigenvalue weighted by molar-refractivity contribution is -0.385. The van der Waals surface area contributed by atoms with Crippen molar-refractivity contribution in [3.8, 4) is 5.75 Å². The van der Waals surface area contributed by atoms with Crippen molar-refractivity contribution in [3.63, 3.8) is 0 Å². The highest BCUT2D eigenvalue weighted by atomic mass is 79.9. The fourth-order valence-corrected chi connectivity index (χ4v) is 2.26. The zero-order valence-corrected chi connectivity index (χ0v) is 13.1. The summed E-state index contributed by atoms with van der Waals surface area (Å²) in [7, 11) is 0. The molecule has 21 heavy (non-hydrogen) atoms. The summed E-state index contributed by atoms with van der Waals surface area (Å²) in [5, 5.41) is 20.8. The molecule has 2 aromatic carbocycles. The molecule has 0 fully saturated rings. The Morgan fingerprint density at radius 1 is 1.24 bits per heavy atom. The van der Waals surface area contributed by atoms with Crippen LogP contribution in [0.5, 0.6) is 5.75 Å². The van der Waals surface area contributed by atoms with E-state index in [0.717, 1.165) is 16.8 Å². The van der Waals surface area contributed by atoms with Crippen molar-refractivity contribution in [1.82, 2.24) is 0 Å². The van der Waals surface area contributed by atoms with E-state index in [1.54, 1.807) is 6.07 Å². The number of aliphatic imine (C=N–C) groups is 1. The third-order valence-electron chi connectivity index (χ3n) is 3.12. The minimum atomic E-state index is -0.631. The molecule has 2 rings (SSSR count). The number of aromatic hydroxyl groups is 1. The number of nitro groups is 1. The molecular formula is C15H13BrN2O3. The van der Waals surface area contributed by atoms with Crippen LogP contribution in [0.4, 0.5) is 11.4 Å². The zero-order valence-electron chi connectivity index (χ0n) is 11.5. The first kappa shape index (κ1) is 15.2. The molecule has 0 unspecified atom stereocenters. The van der Waals surface area contributed by atoms with E-state index >= 15 is 0 Å². The summed E-state index contributed by atoms with van der Waals surface area (Å²) < 4.78 is 0.508. The molecular weight excluding hydrogens is 336 g/mol. The van der Waals surface area contributed by atoms with E-state index in [0.29, 0.717) is 4.47 Å². The van der Waals surface area contributed by atoms with Gasteiger partial charge in [0.15, 0.2) is 0 Å². The van der Waals surface area contributed by atoms with Crippen LogP contribution < -0.4 is 0 Å². The van der Waals surface area contributed by atoms with Gasteiger partial charge in [-0.25, -0.2) is 0 Å². The maximum Gasteiger partial charge on any atom is 0.312 e. The van der Waals surface area contributed by atoms with Gasteiger partial charge in [-0.1, -0.05) is 22.0 Å². The van der Waals surface area contributed by atoms with E-state index in [4.69, 9.17) is 0 Å². The van der Waals surface area contributed by atoms with Gasteiger partial charge in [0.2, 0.25) is 5.75 Å². The third kappa shape index (κ3) is 3.46. The molecule has 0 radical (unpaired) electrons. The van der Waals surface area contributed by atoms with E-state index in [9.17, 15) is 15.2 Å². The van der Waals surface area contributed by atoms with E-state index < -0.39 is 10.7 Å². The maximum absolute atomic E-state index is 10.9. The highest BCUT2D eigenvalue weighted by Crippen LogP contribution is 2.32. The van der Waals surface area contributed by atoms with Gasteiger partial charge < -0.3 is 5.11 Å². The summed E-state index contributed by atoms with van der Waals surface area (Å²) in [6.07, 6.45) is 1.41. The first-order chi connectivity index (χ1) is 9.88. The van der Waals surface area contributed by atoms with Crippen LogP contribution in [0.15, 0.2) is 39.8 Å². The monoisotopic (exact) mass is 348 g/mol. The number of halogens is 1. The number of nitro benzene ring substituents is 1. The van der Waals surface area contributed by atoms with Crippen LogP contribution in [0.3, 0.4) is 0 Å². The normalized spacial score (nSPS) is 11.0. The van der Waals surface area contributed by atoms with Crippen molar-refractivity contribution in [2.24, 2.45) is 4.99 Å². The zero-order chi connectivity index (χ0) is 15.6. The van der Waals surface area contributed by atoms with Crippen molar-refractivity contribution in [3.05, 3.63) is 61.6 Å². The molecule has 0 bridgehead atoms. The number of nitrogens with zero attached hydrogens (tertiary/aromatic N) is 2. The van der Waals surface area contributed by atoms with Crippen molar-refractivity contribution >= 4 is 33.5 Å². The molecule has 2 aromatic rings. The highest BCUT2D eigenvalue weighted by molar-refractivity contribution is 9.10. The topological polar surface area (TPSA) is 75.7 Å². The third-order valence-corrected chi connectivity index (χ3v) is 3.58. The molecule has 0 aliphatic heterocycles. The molecule has 6 heteroatoms. The summed E-state index contributed by atoms with van der Waals surface area (Å²) >= 11 is 3.19. The number of phenols is 1. The molecule has 0 spiro atoms. The standard InChI is InChI=1S/C15H13BrN2O3/c1-9-3-4-13(5-10(9)2)17-8-11-6-12(16)7-14(15(11)19)18(20)21/h3-8,19H,1-2H3/b17-8+. The quantitative estimate of drug-likeness (QED) is 0.506. The predicted octanol–water partition coefficient (Wildman–Crippen LogP) is 4.43. The van der Waals surface area contributed by atoms with Gasteiger partial charge in [-0.3, -0.25) is 15.1 Å². The Kier molecular flexibility index (Phi) is 4.37. The Hall–Kier alpha value is -2.21. The van der Waals surface area contributed by atoms with E-state index in [1.165, 1.54) is 12.3 Å². The van der Waals surface area contributed by atoms with Gasteiger partial charge in [-0.05, 0) is 43.2 Å². The van der Waals surface area contributed by atoms with Gasteiger partial charge in [0, 0.05) is 22.3 Å². The van der Waals surface area contributed by atoms with E-state index in [-0.39, 0.29) is 11.3 Å². The first-order valence-electron chi connectivity index (χ1n) is 6.16. The van der Waals surface area contributed by atoms with E-state index in [1.807, 2.05) is 32.0 Å². The van der Waals surface area contributed by atoms with Gasteiger partial charge >= 0.3 is 5.69 Å². The molecule has 0 aliphatic carbocycles. The van der Waals surface area contributed by atoms with E-state index in [2.05, 4.69) is 20.9 Å². The van der Waals surface area contributed by atoms with Crippen LogP contribution in [0.2, 0.25) is 0 Å². The van der Waals surface area contributed by atoms with Crippen molar-refractivity contribution in [2.45, 2.75) is 13.8 Å². The number of benzene rings is 2. The minimum absolute atomic E-state index is 0.286. The molecule has 5 nitrogen and oxygen atoms in total. The predicted molar refractivity (Wildman–Crippen MR) is 85.6 cm³/mol. The molecule has 0 aliphatic rings. The SMILES string of the molecule is Cc1ccc(/N=C/c2cc(Br)cc([N+](=O)[O-])c2O)cc1C. The Morgan fingerprint density at radius 3 is 2.57 bits per heavy atom. The first-order valence-corrected chi connectivity index (χ1v) is 6.96.